The van der Waals surface area contributed by atoms with Gasteiger partial charge in [-0.2, -0.15) is 0 Å². The summed E-state index contributed by atoms with van der Waals surface area (Å²) >= 11 is 0. The lowest BCUT2D eigenvalue weighted by atomic mass is 10.2. The van der Waals surface area contributed by atoms with E-state index in [4.69, 9.17) is 0 Å². The van der Waals surface area contributed by atoms with Crippen molar-refractivity contribution in [1.29, 1.82) is 0 Å². The van der Waals surface area contributed by atoms with Crippen LogP contribution in [0.2, 0.25) is 0 Å². The first-order valence-corrected chi connectivity index (χ1v) is 5.58. The summed E-state index contributed by atoms with van der Waals surface area (Å²) in [4.78, 5) is 9.25. The monoisotopic (exact) mass is 205 g/mol. The number of pyridine rings is 1. The molecule has 1 aliphatic heterocycles. The molecule has 15 heavy (non-hydrogen) atoms. The minimum atomic E-state index is 0.655. The minimum absolute atomic E-state index is 0.655. The van der Waals surface area contributed by atoms with Crippen LogP contribution in [0.15, 0.2) is 24.4 Å². The number of aromatic nitrogens is 1. The third-order valence-corrected chi connectivity index (χ3v) is 3.16. The predicted molar refractivity (Wildman–Crippen MR) is 61.6 cm³/mol. The Morgan fingerprint density at radius 1 is 1.40 bits per heavy atom. The molecule has 0 N–H and O–H groups in total. The van der Waals surface area contributed by atoms with Crippen molar-refractivity contribution in [3.8, 4) is 0 Å². The molecule has 0 saturated carbocycles. The molecule has 2 rings (SSSR count). The van der Waals surface area contributed by atoms with Crippen LogP contribution in [0.1, 0.15) is 12.6 Å². The largest absolute Gasteiger partial charge is 0.301 e. The highest BCUT2D eigenvalue weighted by atomic mass is 15.3. The average molecular weight is 205 g/mol. The molecule has 0 aliphatic carbocycles. The molecular formula is C12H19N3. The van der Waals surface area contributed by atoms with Gasteiger partial charge in [-0.05, 0) is 26.1 Å². The highest BCUT2D eigenvalue weighted by molar-refractivity contribution is 5.03. The molecule has 1 saturated heterocycles. The first-order chi connectivity index (χ1) is 7.25. The van der Waals surface area contributed by atoms with Crippen LogP contribution >= 0.6 is 0 Å². The third-order valence-electron chi connectivity index (χ3n) is 3.16. The van der Waals surface area contributed by atoms with Gasteiger partial charge in [-0.15, -0.1) is 0 Å². The molecule has 1 aromatic heterocycles. The fraction of sp³-hybridized carbons (Fsp3) is 0.583. The van der Waals surface area contributed by atoms with Gasteiger partial charge in [0.05, 0.1) is 5.69 Å². The molecule has 0 spiro atoms. The van der Waals surface area contributed by atoms with Crippen LogP contribution in [-0.4, -0.2) is 47.5 Å². The molecule has 1 aliphatic rings. The van der Waals surface area contributed by atoms with Gasteiger partial charge in [0.25, 0.3) is 0 Å². The number of likely N-dealkylation sites (N-methyl/N-ethyl adjacent to an activating group) is 1. The zero-order valence-electron chi connectivity index (χ0n) is 9.56. The van der Waals surface area contributed by atoms with E-state index in [1.165, 1.54) is 5.69 Å². The van der Waals surface area contributed by atoms with Gasteiger partial charge in [-0.1, -0.05) is 6.07 Å². The van der Waals surface area contributed by atoms with Crippen molar-refractivity contribution in [3.63, 3.8) is 0 Å². The molecule has 1 aromatic rings. The molecule has 0 bridgehead atoms. The van der Waals surface area contributed by atoms with Crippen LogP contribution in [-0.2, 0) is 6.54 Å². The van der Waals surface area contributed by atoms with E-state index in [0.29, 0.717) is 6.04 Å². The molecule has 1 fully saturated rings. The SMILES string of the molecule is C[C@H]1CN(Cc2ccccn2)CCN1C. The van der Waals surface area contributed by atoms with Crippen LogP contribution in [0.3, 0.4) is 0 Å². The lowest BCUT2D eigenvalue weighted by Gasteiger charge is -2.37. The maximum Gasteiger partial charge on any atom is 0.0543 e. The van der Waals surface area contributed by atoms with Gasteiger partial charge >= 0.3 is 0 Å². The number of nitrogens with zero attached hydrogens (tertiary/aromatic N) is 3. The summed E-state index contributed by atoms with van der Waals surface area (Å²) in [5.74, 6) is 0. The maximum atomic E-state index is 4.36. The highest BCUT2D eigenvalue weighted by Gasteiger charge is 2.20. The summed E-state index contributed by atoms with van der Waals surface area (Å²) in [5.41, 5.74) is 1.18. The van der Waals surface area contributed by atoms with E-state index in [0.717, 1.165) is 26.2 Å². The normalized spacial score (nSPS) is 24.3. The number of hydrogen-bond donors (Lipinski definition) is 0. The van der Waals surface area contributed by atoms with Crippen molar-refractivity contribution in [2.24, 2.45) is 0 Å². The predicted octanol–water partition coefficient (Wildman–Crippen LogP) is 1.22. The highest BCUT2D eigenvalue weighted by Crippen LogP contribution is 2.09. The van der Waals surface area contributed by atoms with Gasteiger partial charge in [0.1, 0.15) is 0 Å². The van der Waals surface area contributed by atoms with Gasteiger partial charge in [0, 0.05) is 38.4 Å². The number of rotatable bonds is 2. The maximum absolute atomic E-state index is 4.36. The summed E-state index contributed by atoms with van der Waals surface area (Å²) < 4.78 is 0. The lowest BCUT2D eigenvalue weighted by Crippen LogP contribution is -2.49. The average Bonchev–Trinajstić information content (AvgIpc) is 2.25. The van der Waals surface area contributed by atoms with Crippen molar-refractivity contribution in [2.45, 2.75) is 19.5 Å². The number of piperazine rings is 1. The van der Waals surface area contributed by atoms with Gasteiger partial charge in [-0.25, -0.2) is 0 Å². The summed E-state index contributed by atoms with van der Waals surface area (Å²) in [6, 6.07) is 6.78. The van der Waals surface area contributed by atoms with Gasteiger partial charge in [-0.3, -0.25) is 9.88 Å². The smallest absolute Gasteiger partial charge is 0.0543 e. The van der Waals surface area contributed by atoms with E-state index < -0.39 is 0 Å². The molecular weight excluding hydrogens is 186 g/mol. The zero-order chi connectivity index (χ0) is 10.7. The number of hydrogen-bond acceptors (Lipinski definition) is 3. The minimum Gasteiger partial charge on any atom is -0.301 e. The van der Waals surface area contributed by atoms with Gasteiger partial charge < -0.3 is 4.90 Å². The summed E-state index contributed by atoms with van der Waals surface area (Å²) in [6.07, 6.45) is 1.87. The van der Waals surface area contributed by atoms with Crippen molar-refractivity contribution < 1.29 is 0 Å². The Morgan fingerprint density at radius 3 is 2.93 bits per heavy atom. The second kappa shape index (κ2) is 4.73. The Morgan fingerprint density at radius 2 is 2.27 bits per heavy atom. The second-order valence-corrected chi connectivity index (χ2v) is 4.39. The van der Waals surface area contributed by atoms with E-state index >= 15 is 0 Å². The second-order valence-electron chi connectivity index (χ2n) is 4.39. The summed E-state index contributed by atoms with van der Waals surface area (Å²) in [6.45, 7) is 6.72. The Kier molecular flexibility index (Phi) is 3.34. The molecule has 0 amide bonds. The zero-order valence-corrected chi connectivity index (χ0v) is 9.56. The van der Waals surface area contributed by atoms with Crippen molar-refractivity contribution in [1.82, 2.24) is 14.8 Å². The van der Waals surface area contributed by atoms with Gasteiger partial charge in [0.2, 0.25) is 0 Å². The van der Waals surface area contributed by atoms with Crippen LogP contribution in [0.25, 0.3) is 0 Å². The standard InChI is InChI=1S/C12H19N3/c1-11-9-15(8-7-14(11)2)10-12-5-3-4-6-13-12/h3-6,11H,7-10H2,1-2H3/t11-/m0/s1. The van der Waals surface area contributed by atoms with E-state index in [-0.39, 0.29) is 0 Å². The van der Waals surface area contributed by atoms with Crippen molar-refractivity contribution in [3.05, 3.63) is 30.1 Å². The van der Waals surface area contributed by atoms with Gasteiger partial charge in [0.15, 0.2) is 0 Å². The first-order valence-electron chi connectivity index (χ1n) is 5.58. The molecule has 3 nitrogen and oxygen atoms in total. The molecule has 2 heterocycles. The molecule has 3 heteroatoms. The Labute approximate surface area is 91.7 Å². The summed E-state index contributed by atoms with van der Waals surface area (Å²) in [5, 5.41) is 0. The Balaban J connectivity index is 1.91. The van der Waals surface area contributed by atoms with Crippen molar-refractivity contribution in [2.75, 3.05) is 26.7 Å². The molecule has 0 radical (unpaired) electrons. The van der Waals surface area contributed by atoms with E-state index in [9.17, 15) is 0 Å². The third kappa shape index (κ3) is 2.76. The first kappa shape index (κ1) is 10.6. The van der Waals surface area contributed by atoms with Crippen LogP contribution in [0, 0.1) is 0 Å². The van der Waals surface area contributed by atoms with Crippen LogP contribution in [0.5, 0.6) is 0 Å². The van der Waals surface area contributed by atoms with Crippen LogP contribution in [0.4, 0.5) is 0 Å². The summed E-state index contributed by atoms with van der Waals surface area (Å²) in [7, 11) is 2.20. The quantitative estimate of drug-likeness (QED) is 0.723. The van der Waals surface area contributed by atoms with Crippen LogP contribution < -0.4 is 0 Å². The molecule has 82 valence electrons. The molecule has 0 unspecified atom stereocenters. The molecule has 0 aromatic carbocycles. The van der Waals surface area contributed by atoms with E-state index in [1.807, 2.05) is 12.3 Å². The fourth-order valence-corrected chi connectivity index (χ4v) is 1.99. The van der Waals surface area contributed by atoms with E-state index in [2.05, 4.69) is 40.9 Å². The topological polar surface area (TPSA) is 19.4 Å². The Hall–Kier alpha value is -0.930. The lowest BCUT2D eigenvalue weighted by molar-refractivity contribution is 0.0991. The molecule has 1 atom stereocenters. The van der Waals surface area contributed by atoms with E-state index in [1.54, 1.807) is 0 Å². The van der Waals surface area contributed by atoms with Crippen molar-refractivity contribution >= 4 is 0 Å². The Bertz CT molecular complexity index is 299. The fourth-order valence-electron chi connectivity index (χ4n) is 1.99.